The van der Waals surface area contributed by atoms with E-state index in [1.165, 1.54) is 12.6 Å². The molecule has 2 aromatic rings. The van der Waals surface area contributed by atoms with Gasteiger partial charge in [0.05, 0.1) is 2.88 Å². The molecule has 0 aliphatic carbocycles. The normalized spacial score (nSPS) is 11.7. The van der Waals surface area contributed by atoms with Crippen molar-refractivity contribution >= 4 is 51.2 Å². The van der Waals surface area contributed by atoms with Gasteiger partial charge in [-0.3, -0.25) is 4.99 Å². The predicted octanol–water partition coefficient (Wildman–Crippen LogP) is 3.71. The van der Waals surface area contributed by atoms with Gasteiger partial charge in [0.2, 0.25) is 0 Å². The van der Waals surface area contributed by atoms with Crippen LogP contribution >= 0.6 is 45.3 Å². The molecule has 0 saturated heterocycles. The van der Waals surface area contributed by atoms with Crippen molar-refractivity contribution in [2.75, 3.05) is 27.2 Å². The second-order valence-electron chi connectivity index (χ2n) is 4.68. The standard InChI is InChI=1S/C15H20IN3S2/c1-17-15(18-9-7-13-5-6-14(16)21-13)19(2)10-8-12-4-3-11-20-12/h3-6,11H,7-10H2,1-2H3,(H,17,18). The van der Waals surface area contributed by atoms with E-state index in [4.69, 9.17) is 0 Å². The second kappa shape index (κ2) is 8.75. The Hall–Kier alpha value is -0.600. The van der Waals surface area contributed by atoms with Crippen LogP contribution in [0.15, 0.2) is 34.6 Å². The van der Waals surface area contributed by atoms with Crippen molar-refractivity contribution in [1.29, 1.82) is 0 Å². The van der Waals surface area contributed by atoms with Crippen molar-refractivity contribution in [3.63, 3.8) is 0 Å². The van der Waals surface area contributed by atoms with Gasteiger partial charge in [-0.05, 0) is 59.0 Å². The Balaban J connectivity index is 1.74. The Kier molecular flexibility index (Phi) is 6.98. The molecule has 0 aliphatic rings. The van der Waals surface area contributed by atoms with E-state index < -0.39 is 0 Å². The van der Waals surface area contributed by atoms with E-state index in [9.17, 15) is 0 Å². The fourth-order valence-corrected chi connectivity index (χ4v) is 4.46. The molecule has 0 bridgehead atoms. The first-order chi connectivity index (χ1) is 10.2. The van der Waals surface area contributed by atoms with Crippen LogP contribution in [0.5, 0.6) is 0 Å². The summed E-state index contributed by atoms with van der Waals surface area (Å²) in [5.41, 5.74) is 0. The molecule has 1 N–H and O–H groups in total. The summed E-state index contributed by atoms with van der Waals surface area (Å²) in [6.45, 7) is 1.91. The molecule has 0 spiro atoms. The average Bonchev–Trinajstić information content (AvgIpc) is 3.12. The van der Waals surface area contributed by atoms with Crippen LogP contribution in [0.3, 0.4) is 0 Å². The third kappa shape index (κ3) is 5.60. The Morgan fingerprint density at radius 2 is 2.14 bits per heavy atom. The van der Waals surface area contributed by atoms with Crippen LogP contribution in [0.4, 0.5) is 0 Å². The number of thiophene rings is 2. The molecule has 0 atom stereocenters. The van der Waals surface area contributed by atoms with Crippen molar-refractivity contribution in [2.24, 2.45) is 4.99 Å². The van der Waals surface area contributed by atoms with Gasteiger partial charge >= 0.3 is 0 Å². The van der Waals surface area contributed by atoms with Gasteiger partial charge in [-0.1, -0.05) is 6.07 Å². The van der Waals surface area contributed by atoms with Gasteiger partial charge in [0.1, 0.15) is 0 Å². The molecule has 0 aromatic carbocycles. The average molecular weight is 433 g/mol. The zero-order valence-electron chi connectivity index (χ0n) is 12.3. The first kappa shape index (κ1) is 16.8. The Labute approximate surface area is 148 Å². The fraction of sp³-hybridized carbons (Fsp3) is 0.400. The van der Waals surface area contributed by atoms with Crippen LogP contribution in [0.2, 0.25) is 0 Å². The number of aliphatic imine (C=N–C) groups is 1. The van der Waals surface area contributed by atoms with E-state index in [2.05, 4.69) is 74.5 Å². The maximum atomic E-state index is 4.36. The van der Waals surface area contributed by atoms with Crippen LogP contribution in [0.1, 0.15) is 9.75 Å². The summed E-state index contributed by atoms with van der Waals surface area (Å²) in [4.78, 5) is 9.40. The van der Waals surface area contributed by atoms with Crippen LogP contribution in [0.25, 0.3) is 0 Å². The highest BCUT2D eigenvalue weighted by molar-refractivity contribution is 14.1. The van der Waals surface area contributed by atoms with Crippen molar-refractivity contribution in [3.8, 4) is 0 Å². The molecule has 0 unspecified atom stereocenters. The highest BCUT2D eigenvalue weighted by atomic mass is 127. The van der Waals surface area contributed by atoms with E-state index in [0.717, 1.165) is 31.9 Å². The van der Waals surface area contributed by atoms with Gasteiger partial charge < -0.3 is 10.2 Å². The van der Waals surface area contributed by atoms with E-state index in [1.807, 2.05) is 29.7 Å². The van der Waals surface area contributed by atoms with Gasteiger partial charge in [0, 0.05) is 36.9 Å². The van der Waals surface area contributed by atoms with Crippen molar-refractivity contribution in [3.05, 3.63) is 42.3 Å². The molecule has 0 radical (unpaired) electrons. The first-order valence-corrected chi connectivity index (χ1v) is 9.65. The summed E-state index contributed by atoms with van der Waals surface area (Å²) >= 11 is 6.04. The Bertz CT molecular complexity index is 563. The number of halogens is 1. The van der Waals surface area contributed by atoms with Gasteiger partial charge in [-0.2, -0.15) is 0 Å². The zero-order valence-corrected chi connectivity index (χ0v) is 16.1. The van der Waals surface area contributed by atoms with Crippen molar-refractivity contribution < 1.29 is 0 Å². The molecule has 2 rings (SSSR count). The number of hydrogen-bond acceptors (Lipinski definition) is 3. The molecule has 21 heavy (non-hydrogen) atoms. The highest BCUT2D eigenvalue weighted by Gasteiger charge is 2.06. The number of hydrogen-bond donors (Lipinski definition) is 1. The molecular weight excluding hydrogens is 413 g/mol. The minimum absolute atomic E-state index is 0.923. The maximum Gasteiger partial charge on any atom is 0.193 e. The van der Waals surface area contributed by atoms with Crippen molar-refractivity contribution in [1.82, 2.24) is 10.2 Å². The van der Waals surface area contributed by atoms with E-state index >= 15 is 0 Å². The Morgan fingerprint density at radius 3 is 2.76 bits per heavy atom. The van der Waals surface area contributed by atoms with E-state index in [0.29, 0.717) is 0 Å². The monoisotopic (exact) mass is 433 g/mol. The molecule has 2 aromatic heterocycles. The minimum Gasteiger partial charge on any atom is -0.356 e. The lowest BCUT2D eigenvalue weighted by Gasteiger charge is -2.21. The topological polar surface area (TPSA) is 27.6 Å². The minimum atomic E-state index is 0.923. The maximum absolute atomic E-state index is 4.36. The number of nitrogens with zero attached hydrogens (tertiary/aromatic N) is 2. The number of nitrogens with one attached hydrogen (secondary N) is 1. The third-order valence-corrected chi connectivity index (χ3v) is 6.02. The predicted molar refractivity (Wildman–Crippen MR) is 103 cm³/mol. The van der Waals surface area contributed by atoms with Gasteiger partial charge in [-0.15, -0.1) is 22.7 Å². The zero-order chi connectivity index (χ0) is 15.1. The molecule has 2 heterocycles. The number of likely N-dealkylation sites (N-methyl/N-ethyl adjacent to an activating group) is 1. The summed E-state index contributed by atoms with van der Waals surface area (Å²) in [6, 6.07) is 8.67. The molecule has 0 saturated carbocycles. The van der Waals surface area contributed by atoms with Gasteiger partial charge in [-0.25, -0.2) is 0 Å². The first-order valence-electron chi connectivity index (χ1n) is 6.87. The summed E-state index contributed by atoms with van der Waals surface area (Å²) < 4.78 is 1.35. The van der Waals surface area contributed by atoms with Gasteiger partial charge in [0.15, 0.2) is 5.96 Å². The fourth-order valence-electron chi connectivity index (χ4n) is 2.01. The second-order valence-corrected chi connectivity index (χ2v) is 8.78. The lowest BCUT2D eigenvalue weighted by molar-refractivity contribution is 0.487. The molecule has 6 heteroatoms. The van der Waals surface area contributed by atoms with Crippen molar-refractivity contribution in [2.45, 2.75) is 12.8 Å². The summed E-state index contributed by atoms with van der Waals surface area (Å²) in [5, 5.41) is 5.57. The third-order valence-electron chi connectivity index (χ3n) is 3.13. The lowest BCUT2D eigenvalue weighted by atomic mass is 10.3. The lowest BCUT2D eigenvalue weighted by Crippen LogP contribution is -2.40. The van der Waals surface area contributed by atoms with E-state index in [-0.39, 0.29) is 0 Å². The SMILES string of the molecule is CN=C(NCCc1ccc(I)s1)N(C)CCc1cccs1. The van der Waals surface area contributed by atoms with Crippen LogP contribution < -0.4 is 5.32 Å². The van der Waals surface area contributed by atoms with E-state index in [1.54, 1.807) is 0 Å². The van der Waals surface area contributed by atoms with Gasteiger partial charge in [0.25, 0.3) is 0 Å². The van der Waals surface area contributed by atoms with Crippen LogP contribution in [0, 0.1) is 2.88 Å². The highest BCUT2D eigenvalue weighted by Crippen LogP contribution is 2.18. The summed E-state index contributed by atoms with van der Waals surface area (Å²) in [6.07, 6.45) is 2.11. The molecular formula is C15H20IN3S2. The van der Waals surface area contributed by atoms with Crippen LogP contribution in [-0.2, 0) is 12.8 Å². The molecule has 0 amide bonds. The summed E-state index contributed by atoms with van der Waals surface area (Å²) in [5.74, 6) is 0.970. The molecule has 0 aliphatic heterocycles. The van der Waals surface area contributed by atoms with Crippen LogP contribution in [-0.4, -0.2) is 38.0 Å². The number of rotatable bonds is 6. The smallest absolute Gasteiger partial charge is 0.193 e. The molecule has 3 nitrogen and oxygen atoms in total. The molecule has 114 valence electrons. The Morgan fingerprint density at radius 1 is 1.29 bits per heavy atom. The number of guanidine groups is 1. The largest absolute Gasteiger partial charge is 0.356 e. The summed E-state index contributed by atoms with van der Waals surface area (Å²) in [7, 11) is 3.94. The quantitative estimate of drug-likeness (QED) is 0.428. The molecule has 0 fully saturated rings.